The maximum Gasteiger partial charge on any atom is 0.115 e. The van der Waals surface area contributed by atoms with E-state index in [2.05, 4.69) is 42.1 Å². The van der Waals surface area contributed by atoms with Gasteiger partial charge in [0.15, 0.2) is 0 Å². The Labute approximate surface area is 117 Å². The molecule has 0 spiro atoms. The van der Waals surface area contributed by atoms with Gasteiger partial charge in [-0.3, -0.25) is 0 Å². The van der Waals surface area contributed by atoms with Gasteiger partial charge in [-0.1, -0.05) is 27.2 Å². The van der Waals surface area contributed by atoms with Crippen LogP contribution in [0, 0.1) is 17.8 Å². The summed E-state index contributed by atoms with van der Waals surface area (Å²) in [7, 11) is 0. The lowest BCUT2D eigenvalue weighted by Gasteiger charge is -2.37. The highest BCUT2D eigenvalue weighted by Crippen LogP contribution is 2.39. The molecule has 1 fully saturated rings. The van der Waals surface area contributed by atoms with Gasteiger partial charge in [0.25, 0.3) is 0 Å². The lowest BCUT2D eigenvalue weighted by molar-refractivity contribution is 0.169. The zero-order valence-corrected chi connectivity index (χ0v) is 12.5. The highest BCUT2D eigenvalue weighted by Gasteiger charge is 2.31. The first-order valence-electron chi connectivity index (χ1n) is 7.71. The molecule has 1 aromatic rings. The highest BCUT2D eigenvalue weighted by molar-refractivity contribution is 5.07. The molecule has 1 heterocycles. The molecule has 106 valence electrons. The van der Waals surface area contributed by atoms with E-state index in [1.165, 1.54) is 25.7 Å². The summed E-state index contributed by atoms with van der Waals surface area (Å²) in [5.74, 6) is 2.41. The molecule has 19 heavy (non-hydrogen) atoms. The largest absolute Gasteiger partial charge is 0.308 e. The van der Waals surface area contributed by atoms with Gasteiger partial charge in [-0.25, -0.2) is 9.97 Å². The quantitative estimate of drug-likeness (QED) is 0.880. The Balaban J connectivity index is 2.09. The van der Waals surface area contributed by atoms with Crippen LogP contribution in [0.1, 0.15) is 58.2 Å². The van der Waals surface area contributed by atoms with Crippen molar-refractivity contribution in [3.8, 4) is 0 Å². The molecule has 3 nitrogen and oxygen atoms in total. The Morgan fingerprint density at radius 1 is 1.32 bits per heavy atom. The highest BCUT2D eigenvalue weighted by atomic mass is 15.0. The molecule has 3 heteroatoms. The standard InChI is InChI=1S/C16H27N3/c1-4-8-18-16(15-7-9-17-11-19-15)14-6-5-12(2)13(3)10-14/h7,9,11-14,16,18H,4-6,8,10H2,1-3H3. The van der Waals surface area contributed by atoms with Gasteiger partial charge in [0.05, 0.1) is 11.7 Å². The average molecular weight is 261 g/mol. The van der Waals surface area contributed by atoms with E-state index in [0.717, 1.165) is 24.1 Å². The van der Waals surface area contributed by atoms with Gasteiger partial charge < -0.3 is 5.32 Å². The SMILES string of the molecule is CCCNC(c1ccncn1)C1CCC(C)C(C)C1. The van der Waals surface area contributed by atoms with Gasteiger partial charge in [-0.2, -0.15) is 0 Å². The third-order valence-electron chi connectivity index (χ3n) is 4.65. The molecule has 0 aliphatic heterocycles. The number of hydrogen-bond acceptors (Lipinski definition) is 3. The third-order valence-corrected chi connectivity index (χ3v) is 4.65. The van der Waals surface area contributed by atoms with E-state index >= 15 is 0 Å². The normalized spacial score (nSPS) is 29.1. The van der Waals surface area contributed by atoms with Crippen molar-refractivity contribution in [1.29, 1.82) is 0 Å². The summed E-state index contributed by atoms with van der Waals surface area (Å²) >= 11 is 0. The van der Waals surface area contributed by atoms with Gasteiger partial charge in [0.1, 0.15) is 6.33 Å². The molecule has 4 atom stereocenters. The van der Waals surface area contributed by atoms with E-state index in [1.54, 1.807) is 6.33 Å². The Morgan fingerprint density at radius 2 is 2.16 bits per heavy atom. The van der Waals surface area contributed by atoms with E-state index in [0.29, 0.717) is 12.0 Å². The number of aromatic nitrogens is 2. The fourth-order valence-corrected chi connectivity index (χ4v) is 3.19. The second-order valence-corrected chi connectivity index (χ2v) is 6.09. The summed E-state index contributed by atoms with van der Waals surface area (Å²) in [5, 5.41) is 3.70. The van der Waals surface area contributed by atoms with Crippen LogP contribution >= 0.6 is 0 Å². The van der Waals surface area contributed by atoms with Crippen molar-refractivity contribution in [3.63, 3.8) is 0 Å². The van der Waals surface area contributed by atoms with E-state index in [9.17, 15) is 0 Å². The Morgan fingerprint density at radius 3 is 2.79 bits per heavy atom. The van der Waals surface area contributed by atoms with Crippen LogP contribution in [0.2, 0.25) is 0 Å². The van der Waals surface area contributed by atoms with E-state index in [-0.39, 0.29) is 0 Å². The Bertz CT molecular complexity index is 366. The summed E-state index contributed by atoms with van der Waals surface area (Å²) in [6.45, 7) is 8.07. The van der Waals surface area contributed by atoms with Crippen molar-refractivity contribution >= 4 is 0 Å². The van der Waals surface area contributed by atoms with Crippen LogP contribution in [0.3, 0.4) is 0 Å². The topological polar surface area (TPSA) is 37.8 Å². The van der Waals surface area contributed by atoms with Gasteiger partial charge >= 0.3 is 0 Å². The van der Waals surface area contributed by atoms with Crippen LogP contribution < -0.4 is 5.32 Å². The minimum atomic E-state index is 0.401. The molecule has 1 N–H and O–H groups in total. The fraction of sp³-hybridized carbons (Fsp3) is 0.750. The van der Waals surface area contributed by atoms with Crippen LogP contribution in [0.5, 0.6) is 0 Å². The van der Waals surface area contributed by atoms with Crippen molar-refractivity contribution in [3.05, 3.63) is 24.3 Å². The lowest BCUT2D eigenvalue weighted by atomic mass is 9.72. The van der Waals surface area contributed by atoms with Crippen LogP contribution in [-0.2, 0) is 0 Å². The predicted molar refractivity (Wildman–Crippen MR) is 78.7 cm³/mol. The molecule has 2 rings (SSSR count). The van der Waals surface area contributed by atoms with E-state index in [4.69, 9.17) is 0 Å². The molecule has 1 aromatic heterocycles. The molecule has 1 aliphatic rings. The second kappa shape index (κ2) is 6.99. The summed E-state index contributed by atoms with van der Waals surface area (Å²) in [6.07, 6.45) is 8.67. The first-order chi connectivity index (χ1) is 9.22. The van der Waals surface area contributed by atoms with Crippen LogP contribution in [0.4, 0.5) is 0 Å². The second-order valence-electron chi connectivity index (χ2n) is 6.09. The molecule has 1 saturated carbocycles. The predicted octanol–water partition coefficient (Wildman–Crippen LogP) is 3.59. The Hall–Kier alpha value is -0.960. The first-order valence-corrected chi connectivity index (χ1v) is 7.71. The lowest BCUT2D eigenvalue weighted by Crippen LogP contribution is -2.34. The van der Waals surface area contributed by atoms with E-state index in [1.807, 2.05) is 6.20 Å². The molecule has 0 aromatic carbocycles. The van der Waals surface area contributed by atoms with Gasteiger partial charge in [0.2, 0.25) is 0 Å². The van der Waals surface area contributed by atoms with Gasteiger partial charge in [-0.15, -0.1) is 0 Å². The molecule has 0 radical (unpaired) electrons. The van der Waals surface area contributed by atoms with Crippen molar-refractivity contribution in [2.24, 2.45) is 17.8 Å². The minimum Gasteiger partial charge on any atom is -0.308 e. The molecular weight excluding hydrogens is 234 g/mol. The summed E-state index contributed by atoms with van der Waals surface area (Å²) in [4.78, 5) is 8.52. The number of nitrogens with zero attached hydrogens (tertiary/aromatic N) is 2. The molecule has 0 bridgehead atoms. The van der Waals surface area contributed by atoms with Crippen molar-refractivity contribution in [2.45, 2.75) is 52.5 Å². The van der Waals surface area contributed by atoms with Crippen LogP contribution in [-0.4, -0.2) is 16.5 Å². The molecule has 0 saturated heterocycles. The number of rotatable bonds is 5. The van der Waals surface area contributed by atoms with Crippen LogP contribution in [0.15, 0.2) is 18.6 Å². The van der Waals surface area contributed by atoms with Crippen molar-refractivity contribution in [1.82, 2.24) is 15.3 Å². The molecular formula is C16H27N3. The monoisotopic (exact) mass is 261 g/mol. The molecule has 0 amide bonds. The maximum absolute atomic E-state index is 4.48. The number of hydrogen-bond donors (Lipinski definition) is 1. The van der Waals surface area contributed by atoms with Crippen molar-refractivity contribution < 1.29 is 0 Å². The summed E-state index contributed by atoms with van der Waals surface area (Å²) in [5.41, 5.74) is 1.16. The minimum absolute atomic E-state index is 0.401. The Kier molecular flexibility index (Phi) is 5.32. The van der Waals surface area contributed by atoms with E-state index < -0.39 is 0 Å². The smallest absolute Gasteiger partial charge is 0.115 e. The zero-order valence-electron chi connectivity index (χ0n) is 12.5. The summed E-state index contributed by atoms with van der Waals surface area (Å²) in [6, 6.07) is 2.47. The number of nitrogens with one attached hydrogen (secondary N) is 1. The zero-order chi connectivity index (χ0) is 13.7. The average Bonchev–Trinajstić information content (AvgIpc) is 2.44. The third kappa shape index (κ3) is 3.75. The van der Waals surface area contributed by atoms with Gasteiger partial charge in [0, 0.05) is 6.20 Å². The summed E-state index contributed by atoms with van der Waals surface area (Å²) < 4.78 is 0. The van der Waals surface area contributed by atoms with Gasteiger partial charge in [-0.05, 0) is 49.6 Å². The first kappa shape index (κ1) is 14.4. The molecule has 4 unspecified atom stereocenters. The maximum atomic E-state index is 4.48. The van der Waals surface area contributed by atoms with Crippen LogP contribution in [0.25, 0.3) is 0 Å². The van der Waals surface area contributed by atoms with Crippen molar-refractivity contribution in [2.75, 3.05) is 6.54 Å². The molecule has 1 aliphatic carbocycles. The fourth-order valence-electron chi connectivity index (χ4n) is 3.19.